The second kappa shape index (κ2) is 17.9. The molecule has 4 heterocycles. The van der Waals surface area contributed by atoms with Gasteiger partial charge in [0.1, 0.15) is 27.8 Å². The van der Waals surface area contributed by atoms with Gasteiger partial charge in [0, 0.05) is 68.2 Å². The average Bonchev–Trinajstić information content (AvgIpc) is 3.67. The van der Waals surface area contributed by atoms with Gasteiger partial charge in [0.25, 0.3) is 11.8 Å². The highest BCUT2D eigenvalue weighted by atomic mass is 32.2. The third kappa shape index (κ3) is 9.99. The second-order valence-electron chi connectivity index (χ2n) is 13.7. The molecule has 0 radical (unpaired) electrons. The molecule has 11 nitrogen and oxygen atoms in total. The summed E-state index contributed by atoms with van der Waals surface area (Å²) in [6.45, 7) is 6.96. The Morgan fingerprint density at radius 2 is 1.66 bits per heavy atom. The van der Waals surface area contributed by atoms with Crippen molar-refractivity contribution >= 4 is 34.9 Å². The standard InChI is InChI=1S/C39H45FN6O5S2/c40-29-20-34(37(48)42-30-5-7-31(8-6-30)43-38(49)35-25-53-36(24-47)44-35)39(41-21-29)51-32-3-1-2-27(19-32)33-9-4-26(22-46-12-16-52-17-13-46)18-28(33)23-45-10-14-50-15-11-45/h1-4,9,18-21,25,30-31,47H,5-8,10-17,22-24H2,(H,42,48)(H,43,49)/t30-,31+. The lowest BCUT2D eigenvalue weighted by molar-refractivity contribution is 0.0342. The van der Waals surface area contributed by atoms with E-state index in [1.54, 1.807) is 5.38 Å². The number of nitrogens with zero attached hydrogens (tertiary/aromatic N) is 4. The minimum Gasteiger partial charge on any atom is -0.438 e. The van der Waals surface area contributed by atoms with Crippen molar-refractivity contribution in [3.8, 4) is 22.8 Å². The van der Waals surface area contributed by atoms with Gasteiger partial charge in [-0.2, -0.15) is 11.8 Å². The Bertz CT molecular complexity index is 1870. The number of halogens is 1. The molecule has 2 aliphatic heterocycles. The van der Waals surface area contributed by atoms with Gasteiger partial charge in [0.05, 0.1) is 26.0 Å². The zero-order valence-corrected chi connectivity index (χ0v) is 31.2. The minimum atomic E-state index is -0.634. The number of carbonyl (C=O) groups excluding carboxylic acids is 2. The molecule has 2 saturated heterocycles. The van der Waals surface area contributed by atoms with Crippen LogP contribution in [0.1, 0.15) is 62.7 Å². The second-order valence-corrected chi connectivity index (χ2v) is 15.9. The van der Waals surface area contributed by atoms with Crippen molar-refractivity contribution in [3.63, 3.8) is 0 Å². The van der Waals surface area contributed by atoms with Crippen molar-refractivity contribution in [1.82, 2.24) is 30.4 Å². The topological polar surface area (TPSA) is 129 Å². The van der Waals surface area contributed by atoms with Crippen molar-refractivity contribution in [3.05, 3.63) is 93.3 Å². The molecule has 1 saturated carbocycles. The molecule has 0 unspecified atom stereocenters. The molecule has 3 aliphatic rings. The van der Waals surface area contributed by atoms with Crippen LogP contribution >= 0.6 is 23.1 Å². The quantitative estimate of drug-likeness (QED) is 0.171. The van der Waals surface area contributed by atoms with Crippen molar-refractivity contribution in [2.24, 2.45) is 0 Å². The molecule has 2 amide bonds. The fourth-order valence-electron chi connectivity index (χ4n) is 7.08. The zero-order chi connectivity index (χ0) is 36.6. The van der Waals surface area contributed by atoms with Crippen LogP contribution in [0.4, 0.5) is 4.39 Å². The largest absolute Gasteiger partial charge is 0.438 e. The maximum absolute atomic E-state index is 14.5. The van der Waals surface area contributed by atoms with Crippen molar-refractivity contribution in [2.75, 3.05) is 50.9 Å². The molecule has 0 spiro atoms. The summed E-state index contributed by atoms with van der Waals surface area (Å²) in [5.41, 5.74) is 4.93. The first-order valence-corrected chi connectivity index (χ1v) is 20.3. The van der Waals surface area contributed by atoms with Crippen LogP contribution in [0.15, 0.2) is 60.1 Å². The number of amides is 2. The molecule has 0 bridgehead atoms. The summed E-state index contributed by atoms with van der Waals surface area (Å²) in [5.74, 6) is 1.48. The number of ether oxygens (including phenoxy) is 2. The summed E-state index contributed by atoms with van der Waals surface area (Å²) in [6.07, 6.45) is 3.66. The van der Waals surface area contributed by atoms with E-state index in [-0.39, 0.29) is 36.0 Å². The summed E-state index contributed by atoms with van der Waals surface area (Å²) in [7, 11) is 0. The third-order valence-corrected chi connectivity index (χ3v) is 11.7. The van der Waals surface area contributed by atoms with E-state index in [2.05, 4.69) is 54.7 Å². The molecule has 2 aromatic carbocycles. The minimum absolute atomic E-state index is 0.0162. The molecule has 3 N–H and O–H groups in total. The number of aromatic nitrogens is 2. The van der Waals surface area contributed by atoms with Crippen LogP contribution in [0.5, 0.6) is 11.6 Å². The van der Waals surface area contributed by atoms with E-state index in [9.17, 15) is 19.1 Å². The van der Waals surface area contributed by atoms with Gasteiger partial charge >= 0.3 is 0 Å². The van der Waals surface area contributed by atoms with E-state index in [1.165, 1.54) is 34.0 Å². The Hall–Kier alpha value is -3.92. The van der Waals surface area contributed by atoms with Gasteiger partial charge in [-0.3, -0.25) is 19.4 Å². The zero-order valence-electron chi connectivity index (χ0n) is 29.6. The van der Waals surface area contributed by atoms with Gasteiger partial charge in [-0.1, -0.05) is 30.3 Å². The highest BCUT2D eigenvalue weighted by Crippen LogP contribution is 2.32. The molecular weight excluding hydrogens is 716 g/mol. The summed E-state index contributed by atoms with van der Waals surface area (Å²) in [5, 5.41) is 17.4. The number of carbonyl (C=O) groups is 2. The SMILES string of the molecule is O=C(N[C@H]1CC[C@@H](NC(=O)c2cc(F)cnc2Oc2cccc(-c3ccc(CN4CCSCC4)cc3CN3CCOCC3)c2)CC1)c1csc(CO)n1. The third-order valence-electron chi connectivity index (χ3n) is 9.92. The molecule has 14 heteroatoms. The molecule has 7 rings (SSSR count). The van der Waals surface area contributed by atoms with E-state index in [0.717, 1.165) is 75.9 Å². The summed E-state index contributed by atoms with van der Waals surface area (Å²) in [4.78, 5) is 39.4. The lowest BCUT2D eigenvalue weighted by Crippen LogP contribution is -2.44. The monoisotopic (exact) mass is 760 g/mol. The highest BCUT2D eigenvalue weighted by Gasteiger charge is 2.27. The van der Waals surface area contributed by atoms with E-state index in [4.69, 9.17) is 9.47 Å². The number of thioether (sulfide) groups is 1. The van der Waals surface area contributed by atoms with Crippen LogP contribution < -0.4 is 15.4 Å². The van der Waals surface area contributed by atoms with Gasteiger partial charge in [0.2, 0.25) is 5.88 Å². The van der Waals surface area contributed by atoms with Gasteiger partial charge in [-0.05, 0) is 66.1 Å². The van der Waals surface area contributed by atoms with Crippen LogP contribution in [0.25, 0.3) is 11.1 Å². The smallest absolute Gasteiger partial charge is 0.270 e. The number of aliphatic hydroxyl groups is 1. The number of thiazole rings is 1. The first-order chi connectivity index (χ1) is 25.9. The van der Waals surface area contributed by atoms with Gasteiger partial charge < -0.3 is 25.2 Å². The maximum Gasteiger partial charge on any atom is 0.270 e. The average molecular weight is 761 g/mol. The summed E-state index contributed by atoms with van der Waals surface area (Å²) >= 11 is 3.25. The van der Waals surface area contributed by atoms with E-state index in [0.29, 0.717) is 42.1 Å². The summed E-state index contributed by atoms with van der Waals surface area (Å²) < 4.78 is 26.3. The van der Waals surface area contributed by atoms with Crippen LogP contribution in [0, 0.1) is 5.82 Å². The van der Waals surface area contributed by atoms with Crippen molar-refractivity contribution in [2.45, 2.75) is 57.5 Å². The normalized spacial score (nSPS) is 19.8. The molecule has 1 aliphatic carbocycles. The predicted octanol–water partition coefficient (Wildman–Crippen LogP) is 5.48. The number of aliphatic hydroxyl groups excluding tert-OH is 1. The Kier molecular flexibility index (Phi) is 12.7. The van der Waals surface area contributed by atoms with Gasteiger partial charge in [0.15, 0.2) is 0 Å². The molecule has 53 heavy (non-hydrogen) atoms. The van der Waals surface area contributed by atoms with Crippen LogP contribution in [0.3, 0.4) is 0 Å². The highest BCUT2D eigenvalue weighted by molar-refractivity contribution is 7.99. The predicted molar refractivity (Wildman–Crippen MR) is 204 cm³/mol. The first kappa shape index (κ1) is 37.4. The summed E-state index contributed by atoms with van der Waals surface area (Å²) in [6, 6.07) is 15.4. The van der Waals surface area contributed by atoms with E-state index >= 15 is 0 Å². The number of benzene rings is 2. The Balaban J connectivity index is 1.02. The number of morpholine rings is 1. The molecule has 4 aromatic rings. The molecule has 2 aromatic heterocycles. The van der Waals surface area contributed by atoms with Crippen LogP contribution in [0.2, 0.25) is 0 Å². The first-order valence-electron chi connectivity index (χ1n) is 18.2. The molecule has 0 atom stereocenters. The van der Waals surface area contributed by atoms with Crippen LogP contribution in [-0.2, 0) is 24.4 Å². The number of hydrogen-bond donors (Lipinski definition) is 3. The fraction of sp³-hybridized carbons (Fsp3) is 0.436. The number of rotatable bonds is 12. The molecule has 3 fully saturated rings. The lowest BCUT2D eigenvalue weighted by Gasteiger charge is -2.29. The fourth-order valence-corrected chi connectivity index (χ4v) is 8.69. The Morgan fingerprint density at radius 1 is 0.925 bits per heavy atom. The lowest BCUT2D eigenvalue weighted by atomic mass is 9.91. The van der Waals surface area contributed by atoms with E-state index < -0.39 is 11.7 Å². The number of hydrogen-bond acceptors (Lipinski definition) is 11. The van der Waals surface area contributed by atoms with Crippen molar-refractivity contribution < 1.29 is 28.6 Å². The van der Waals surface area contributed by atoms with Gasteiger partial charge in [-0.15, -0.1) is 11.3 Å². The van der Waals surface area contributed by atoms with E-state index in [1.807, 2.05) is 30.0 Å². The number of pyridine rings is 1. The molecular formula is C39H45FN6O5S2. The van der Waals surface area contributed by atoms with Crippen molar-refractivity contribution in [1.29, 1.82) is 0 Å². The Morgan fingerprint density at radius 3 is 2.40 bits per heavy atom. The number of nitrogens with one attached hydrogen (secondary N) is 2. The maximum atomic E-state index is 14.5. The van der Waals surface area contributed by atoms with Crippen LogP contribution in [-0.4, -0.2) is 99.7 Å². The van der Waals surface area contributed by atoms with Gasteiger partial charge in [-0.25, -0.2) is 14.4 Å². The Labute approximate surface area is 317 Å². The molecule has 280 valence electrons.